The molecule has 3 heterocycles. The van der Waals surface area contributed by atoms with E-state index in [4.69, 9.17) is 4.74 Å². The van der Waals surface area contributed by atoms with Gasteiger partial charge in [0.25, 0.3) is 0 Å². The van der Waals surface area contributed by atoms with E-state index in [1.54, 1.807) is 12.1 Å². The maximum absolute atomic E-state index is 12.5. The number of aromatic nitrogens is 1. The number of anilines is 1. The van der Waals surface area contributed by atoms with Crippen LogP contribution < -0.4 is 9.64 Å². The second-order valence-corrected chi connectivity index (χ2v) is 7.15. The number of hydrogen-bond acceptors (Lipinski definition) is 6. The Hall–Kier alpha value is -2.86. The first-order valence-corrected chi connectivity index (χ1v) is 9.18. The molecule has 0 radical (unpaired) electrons. The molecule has 0 amide bonds. The Morgan fingerprint density at radius 3 is 2.59 bits per heavy atom. The van der Waals surface area contributed by atoms with Crippen LogP contribution in [0, 0.1) is 0 Å². The van der Waals surface area contributed by atoms with Gasteiger partial charge in [0.1, 0.15) is 17.3 Å². The molecule has 1 aromatic heterocycles. The molecule has 140 valence electrons. The van der Waals surface area contributed by atoms with E-state index in [1.165, 1.54) is 0 Å². The summed E-state index contributed by atoms with van der Waals surface area (Å²) in [6.45, 7) is 7.70. The van der Waals surface area contributed by atoms with Crippen LogP contribution in [0.4, 0.5) is 5.82 Å². The number of ether oxygens (including phenoxy) is 1. The Bertz CT molecular complexity index is 896. The normalized spacial score (nSPS) is 17.0. The summed E-state index contributed by atoms with van der Waals surface area (Å²) in [6.07, 6.45) is 1.81. The standard InChI is InChI=1S/C21H23N3O3/c1-14(2)20-19(26)15-6-7-17(25)16(21(15)27-20)13-23-9-11-24(12-10-23)18-5-3-4-8-22-18/h3-8,25H,9-13H2,1-2H3. The number of fused-ring (bicyclic) bond motifs is 1. The lowest BCUT2D eigenvalue weighted by Crippen LogP contribution is -2.46. The van der Waals surface area contributed by atoms with Crippen LogP contribution in [0.3, 0.4) is 0 Å². The van der Waals surface area contributed by atoms with E-state index < -0.39 is 0 Å². The molecular weight excluding hydrogens is 342 g/mol. The van der Waals surface area contributed by atoms with Crippen molar-refractivity contribution in [3.8, 4) is 11.5 Å². The van der Waals surface area contributed by atoms with Gasteiger partial charge in [-0.1, -0.05) is 6.07 Å². The number of phenolic OH excluding ortho intramolecular Hbond substituents is 1. The van der Waals surface area contributed by atoms with Gasteiger partial charge in [-0.25, -0.2) is 4.98 Å². The van der Waals surface area contributed by atoms with Crippen molar-refractivity contribution in [3.05, 3.63) is 59.0 Å². The number of pyridine rings is 1. The van der Waals surface area contributed by atoms with Gasteiger partial charge < -0.3 is 14.7 Å². The highest BCUT2D eigenvalue weighted by Crippen LogP contribution is 2.40. The number of carbonyl (C=O) groups excluding carboxylic acids is 1. The molecule has 2 aliphatic heterocycles. The van der Waals surface area contributed by atoms with Crippen LogP contribution in [-0.2, 0) is 6.54 Å². The van der Waals surface area contributed by atoms with Crippen molar-refractivity contribution in [1.29, 1.82) is 0 Å². The minimum atomic E-state index is -0.105. The van der Waals surface area contributed by atoms with Crippen LogP contribution in [0.1, 0.15) is 29.8 Å². The van der Waals surface area contributed by atoms with Crippen LogP contribution in [0.25, 0.3) is 0 Å². The van der Waals surface area contributed by atoms with Crippen molar-refractivity contribution >= 4 is 11.6 Å². The number of rotatable bonds is 3. The van der Waals surface area contributed by atoms with Crippen LogP contribution in [0.5, 0.6) is 11.5 Å². The van der Waals surface area contributed by atoms with E-state index in [0.29, 0.717) is 29.2 Å². The van der Waals surface area contributed by atoms with Crippen molar-refractivity contribution in [2.45, 2.75) is 20.4 Å². The highest BCUT2D eigenvalue weighted by Gasteiger charge is 2.32. The highest BCUT2D eigenvalue weighted by molar-refractivity contribution is 6.13. The SMILES string of the molecule is CC(C)=C1Oc2c(ccc(O)c2CN2CCN(c3ccccn3)CC2)C1=O. The molecule has 6 nitrogen and oxygen atoms in total. The minimum Gasteiger partial charge on any atom is -0.507 e. The molecule has 1 N–H and O–H groups in total. The van der Waals surface area contributed by atoms with Gasteiger partial charge in [-0.2, -0.15) is 0 Å². The number of aromatic hydroxyl groups is 1. The Labute approximate surface area is 158 Å². The molecule has 0 spiro atoms. The second kappa shape index (κ2) is 7.04. The van der Waals surface area contributed by atoms with Crippen LogP contribution in [0.15, 0.2) is 47.9 Å². The van der Waals surface area contributed by atoms with Crippen molar-refractivity contribution in [1.82, 2.24) is 9.88 Å². The Morgan fingerprint density at radius 2 is 1.93 bits per heavy atom. The van der Waals surface area contributed by atoms with E-state index >= 15 is 0 Å². The van der Waals surface area contributed by atoms with E-state index in [1.807, 2.05) is 38.2 Å². The quantitative estimate of drug-likeness (QED) is 0.844. The first kappa shape index (κ1) is 17.5. The van der Waals surface area contributed by atoms with Gasteiger partial charge in [0.15, 0.2) is 5.76 Å². The smallest absolute Gasteiger partial charge is 0.231 e. The third kappa shape index (κ3) is 3.28. The molecule has 0 aliphatic carbocycles. The molecule has 0 atom stereocenters. The van der Waals surface area contributed by atoms with E-state index in [2.05, 4.69) is 14.8 Å². The number of phenols is 1. The summed E-state index contributed by atoms with van der Waals surface area (Å²) in [6, 6.07) is 9.17. The number of ketones is 1. The molecule has 2 aliphatic rings. The number of allylic oxidation sites excluding steroid dienone is 2. The first-order valence-electron chi connectivity index (χ1n) is 9.18. The first-order chi connectivity index (χ1) is 13.0. The van der Waals surface area contributed by atoms with Crippen LogP contribution in [-0.4, -0.2) is 47.0 Å². The van der Waals surface area contributed by atoms with Gasteiger partial charge in [0.05, 0.1) is 11.1 Å². The largest absolute Gasteiger partial charge is 0.507 e. The number of Topliss-reactive ketones (excluding diaryl/α,β-unsaturated/α-hetero) is 1. The zero-order valence-corrected chi connectivity index (χ0v) is 15.6. The maximum atomic E-state index is 12.5. The molecule has 2 aromatic rings. The summed E-state index contributed by atoms with van der Waals surface area (Å²) in [7, 11) is 0. The van der Waals surface area contributed by atoms with Gasteiger partial charge in [-0.3, -0.25) is 9.69 Å². The molecule has 1 fully saturated rings. The lowest BCUT2D eigenvalue weighted by molar-refractivity contribution is 0.101. The van der Waals surface area contributed by atoms with E-state index in [0.717, 1.165) is 37.6 Å². The Kier molecular flexibility index (Phi) is 4.58. The third-order valence-electron chi connectivity index (χ3n) is 5.07. The zero-order chi connectivity index (χ0) is 19.0. The summed E-state index contributed by atoms with van der Waals surface area (Å²) in [5.41, 5.74) is 2.06. The lowest BCUT2D eigenvalue weighted by Gasteiger charge is -2.35. The van der Waals surface area contributed by atoms with Gasteiger partial charge in [0, 0.05) is 38.9 Å². The fraction of sp³-hybridized carbons (Fsp3) is 0.333. The maximum Gasteiger partial charge on any atom is 0.231 e. The third-order valence-corrected chi connectivity index (χ3v) is 5.07. The Morgan fingerprint density at radius 1 is 1.15 bits per heavy atom. The number of benzene rings is 1. The zero-order valence-electron chi connectivity index (χ0n) is 15.6. The average molecular weight is 365 g/mol. The molecule has 6 heteroatoms. The summed E-state index contributed by atoms with van der Waals surface area (Å²) in [5.74, 6) is 1.93. The van der Waals surface area contributed by atoms with E-state index in [-0.39, 0.29) is 11.5 Å². The second-order valence-electron chi connectivity index (χ2n) is 7.15. The monoisotopic (exact) mass is 365 g/mol. The molecule has 0 saturated carbocycles. The highest BCUT2D eigenvalue weighted by atomic mass is 16.5. The summed E-state index contributed by atoms with van der Waals surface area (Å²) < 4.78 is 5.85. The molecule has 1 saturated heterocycles. The fourth-order valence-corrected chi connectivity index (χ4v) is 3.56. The Balaban J connectivity index is 1.51. The lowest BCUT2D eigenvalue weighted by atomic mass is 10.0. The van der Waals surface area contributed by atoms with Crippen molar-refractivity contribution < 1.29 is 14.6 Å². The molecule has 27 heavy (non-hydrogen) atoms. The minimum absolute atomic E-state index is 0.105. The molecule has 1 aromatic carbocycles. The van der Waals surface area contributed by atoms with Gasteiger partial charge in [-0.15, -0.1) is 0 Å². The fourth-order valence-electron chi connectivity index (χ4n) is 3.56. The number of nitrogens with zero attached hydrogens (tertiary/aromatic N) is 3. The van der Waals surface area contributed by atoms with Crippen LogP contribution >= 0.6 is 0 Å². The van der Waals surface area contributed by atoms with Crippen molar-refractivity contribution in [3.63, 3.8) is 0 Å². The average Bonchev–Trinajstić information content (AvgIpc) is 3.02. The predicted molar refractivity (Wildman–Crippen MR) is 103 cm³/mol. The molecule has 4 rings (SSSR count). The summed E-state index contributed by atoms with van der Waals surface area (Å²) >= 11 is 0. The number of piperazine rings is 1. The van der Waals surface area contributed by atoms with Gasteiger partial charge in [0.2, 0.25) is 5.78 Å². The number of hydrogen-bond donors (Lipinski definition) is 1. The van der Waals surface area contributed by atoms with Crippen molar-refractivity contribution in [2.24, 2.45) is 0 Å². The van der Waals surface area contributed by atoms with Gasteiger partial charge >= 0.3 is 0 Å². The topological polar surface area (TPSA) is 65.9 Å². The van der Waals surface area contributed by atoms with Gasteiger partial charge in [-0.05, 0) is 43.7 Å². The number of carbonyl (C=O) groups is 1. The van der Waals surface area contributed by atoms with E-state index in [9.17, 15) is 9.90 Å². The summed E-state index contributed by atoms with van der Waals surface area (Å²) in [5, 5.41) is 10.4. The van der Waals surface area contributed by atoms with Crippen LogP contribution in [0.2, 0.25) is 0 Å². The molecule has 0 bridgehead atoms. The molecule has 0 unspecified atom stereocenters. The molecular formula is C21H23N3O3. The van der Waals surface area contributed by atoms with Crippen molar-refractivity contribution in [2.75, 3.05) is 31.1 Å². The predicted octanol–water partition coefficient (Wildman–Crippen LogP) is 2.98. The summed E-state index contributed by atoms with van der Waals surface area (Å²) in [4.78, 5) is 21.4.